The molecule has 16 aromatic rings. The molecule has 0 amide bonds. The van der Waals surface area contributed by atoms with Gasteiger partial charge in [0.05, 0.1) is 49.8 Å². The molecule has 0 unspecified atom stereocenters. The van der Waals surface area contributed by atoms with E-state index in [1.807, 2.05) is 0 Å². The third kappa shape index (κ3) is 13.0. The summed E-state index contributed by atoms with van der Waals surface area (Å²) in [7, 11) is 0. The van der Waals surface area contributed by atoms with Crippen LogP contribution in [0.15, 0.2) is 251 Å². The molecule has 582 valence electrons. The number of nitrogens with zero attached hydrogens (tertiary/aromatic N) is 3. The van der Waals surface area contributed by atoms with Crippen LogP contribution < -0.4 is 26.2 Å². The van der Waals surface area contributed by atoms with E-state index >= 15 is 0 Å². The number of hydrogen-bond donors (Lipinski definition) is 0. The van der Waals surface area contributed by atoms with E-state index in [1.54, 1.807) is 4.57 Å². The maximum Gasteiger partial charge on any atom is 0.252 e. The van der Waals surface area contributed by atoms with Gasteiger partial charge in [-0.3, -0.25) is 0 Å². The molecule has 13 aromatic carbocycles. The quantitative estimate of drug-likeness (QED) is 0.149. The van der Waals surface area contributed by atoms with Crippen LogP contribution in [-0.2, 0) is 43.3 Å². The van der Waals surface area contributed by atoms with Crippen LogP contribution >= 0.6 is 0 Å². The van der Waals surface area contributed by atoms with Crippen molar-refractivity contribution in [1.29, 1.82) is 0 Å². The van der Waals surface area contributed by atoms with Gasteiger partial charge in [-0.1, -0.05) is 324 Å². The van der Waals surface area contributed by atoms with Crippen molar-refractivity contribution in [1.82, 2.24) is 4.57 Å². The Bertz CT molecular complexity index is 6710. The molecule has 0 saturated carbocycles. The topological polar surface area (TPSA) is 37.7 Å². The molecule has 3 aromatic heterocycles. The number of aromatic nitrogens is 1. The van der Waals surface area contributed by atoms with Crippen molar-refractivity contribution in [2.45, 2.75) is 209 Å². The monoisotopic (exact) mass is 1530 g/mol. The number of para-hydroxylation sites is 2. The van der Waals surface area contributed by atoms with Gasteiger partial charge in [0, 0.05) is 44.3 Å². The van der Waals surface area contributed by atoms with Crippen LogP contribution in [0.4, 0.5) is 34.1 Å². The highest BCUT2D eigenvalue weighted by Crippen LogP contribution is 2.54. The Morgan fingerprint density at radius 2 is 0.552 bits per heavy atom. The van der Waals surface area contributed by atoms with Crippen molar-refractivity contribution < 1.29 is 19.8 Å². The fourth-order valence-electron chi connectivity index (χ4n) is 17.7. The van der Waals surface area contributed by atoms with E-state index in [0.29, 0.717) is 28.0 Å². The lowest BCUT2D eigenvalue weighted by atomic mass is 9.33. The Morgan fingerprint density at radius 1 is 0.259 bits per heavy atom. The van der Waals surface area contributed by atoms with Gasteiger partial charge >= 0.3 is 0 Å². The van der Waals surface area contributed by atoms with E-state index in [4.69, 9.17) is 8.83 Å². The number of hydrogen-bond acceptors (Lipinski definition) is 4. The molecular formula is C110H112BN3O2. The normalized spacial score (nSPS) is 14.8. The summed E-state index contributed by atoms with van der Waals surface area (Å²) in [5.41, 5.74) is 27.5. The third-order valence-corrected chi connectivity index (χ3v) is 24.8. The molecule has 0 spiro atoms. The summed E-state index contributed by atoms with van der Waals surface area (Å²) >= 11 is 0. The van der Waals surface area contributed by atoms with Crippen LogP contribution in [-0.4, -0.2) is 11.3 Å². The van der Waals surface area contributed by atoms with Crippen molar-refractivity contribution in [3.8, 4) is 50.2 Å². The maximum absolute atomic E-state index is 10.2. The van der Waals surface area contributed by atoms with Gasteiger partial charge in [-0.05, 0) is 234 Å². The minimum absolute atomic E-state index is 0.00905. The van der Waals surface area contributed by atoms with Crippen LogP contribution in [0, 0.1) is 0 Å². The highest BCUT2D eigenvalue weighted by atomic mass is 16.3. The summed E-state index contributed by atoms with van der Waals surface area (Å²) in [5.74, 6) is 0. The number of rotatable bonds is 7. The predicted octanol–water partition coefficient (Wildman–Crippen LogP) is 29.7. The second kappa shape index (κ2) is 26.2. The fourth-order valence-corrected chi connectivity index (χ4v) is 17.7. The fraction of sp³-hybridized carbons (Fsp3) is 0.291. The van der Waals surface area contributed by atoms with Crippen LogP contribution in [0.5, 0.6) is 0 Å². The van der Waals surface area contributed by atoms with E-state index in [0.717, 1.165) is 117 Å². The summed E-state index contributed by atoms with van der Waals surface area (Å²) in [6.07, 6.45) is 0. The maximum atomic E-state index is 10.2. The number of benzene rings is 13. The summed E-state index contributed by atoms with van der Waals surface area (Å²) in [6.45, 7) is 54.1. The molecule has 0 atom stereocenters. The predicted molar refractivity (Wildman–Crippen MR) is 501 cm³/mol. The highest BCUT2D eigenvalue weighted by Gasteiger charge is 2.46. The average molecular weight is 1530 g/mol. The first-order valence-electron chi connectivity index (χ1n) is 45.5. The van der Waals surface area contributed by atoms with Gasteiger partial charge in [-0.25, -0.2) is 0 Å². The molecule has 2 aliphatic heterocycles. The molecule has 0 N–H and O–H groups in total. The number of fused-ring (bicyclic) bond motifs is 13. The van der Waals surface area contributed by atoms with Crippen molar-refractivity contribution in [3.05, 3.63) is 287 Å². The van der Waals surface area contributed by atoms with Gasteiger partial charge in [0.15, 0.2) is 0 Å². The first-order chi connectivity index (χ1) is 57.8. The lowest BCUT2D eigenvalue weighted by Crippen LogP contribution is -2.61. The van der Waals surface area contributed by atoms with E-state index < -0.39 is 55.1 Å². The van der Waals surface area contributed by atoms with Gasteiger partial charge < -0.3 is 23.2 Å². The zero-order valence-corrected chi connectivity index (χ0v) is 72.2. The van der Waals surface area contributed by atoms with E-state index in [1.165, 1.54) is 44.5 Å². The van der Waals surface area contributed by atoms with Gasteiger partial charge in [0.1, 0.15) is 22.3 Å². The molecule has 18 rings (SSSR count). The summed E-state index contributed by atoms with van der Waals surface area (Å²) in [5, 5.41) is 3.48. The summed E-state index contributed by atoms with van der Waals surface area (Å²) < 4.78 is 94.4. The third-order valence-electron chi connectivity index (χ3n) is 24.8. The smallest absolute Gasteiger partial charge is 0.252 e. The van der Waals surface area contributed by atoms with Crippen LogP contribution in [0.25, 0.3) is 116 Å². The van der Waals surface area contributed by atoms with Crippen molar-refractivity contribution in [2.75, 3.05) is 9.80 Å². The largest absolute Gasteiger partial charge is 0.456 e. The molecule has 0 bridgehead atoms. The molecule has 5 heterocycles. The SMILES string of the molecule is [2H]c1c([2H])c([2H])c2c(c1[2H])c1c([2H])c([2H])c([2H])c([2H])c1n2-c1cc2c3c(c1)N(c1cccc4oc5ccc(-c6cc(C(C)(C)C)cc(C(C)(C)C)c6)cc5c14)c1cc(-c4cc(C(C)(C)C)cc(C(C)(C)C)c4)ccc1B3c1ccc(-c3cc(C(C)(C)C)cc(C(C)(C)C)c3)cc1N2c1cccc2oc3ccc(-c4cc(C(C)(C)C)cc(C(C)(C)C)c4)cc3c12. The van der Waals surface area contributed by atoms with Gasteiger partial charge in [-0.2, -0.15) is 0 Å². The molecule has 116 heavy (non-hydrogen) atoms. The molecule has 0 fully saturated rings. The van der Waals surface area contributed by atoms with Gasteiger partial charge in [0.25, 0.3) is 6.71 Å². The lowest BCUT2D eigenvalue weighted by molar-refractivity contribution is 0.568. The van der Waals surface area contributed by atoms with Gasteiger partial charge in [0.2, 0.25) is 0 Å². The molecule has 0 aliphatic carbocycles. The van der Waals surface area contributed by atoms with E-state index in [-0.39, 0.29) is 65.1 Å². The van der Waals surface area contributed by atoms with E-state index in [2.05, 4.69) is 370 Å². The Balaban J connectivity index is 1.04. The standard InChI is InChI=1S/C110H112BN3O2/c1-103(2,3)73-47-69(48-74(59-73)104(4,5)6)65-41-45-96-84(55-65)100-90(35-29-37-98(100)115-96)113-92-57-67(71-51-77(107(13,14)15)61-78(52-71)108(16,17)18)39-43-86(92)111-87-44-40-68(72-53-79(109(19,20)21)62-80(54-72)110(22,23)24)58-93(87)114(95-64-81(63-94(113)102(95)111)112-88-33-27-25-31-82(88)83-32-26-28-34-89(83)112)91-36-30-38-99-101(91)85-56-66(42-46-97(85)116-99)70-49-75(105(7,8)9)60-76(50-70)106(10,11)12/h25-64H,1-24H3/i25D,26D,27D,28D,31D,32D,33D,34D. The van der Waals surface area contributed by atoms with Crippen LogP contribution in [0.1, 0.15) is 222 Å². The first kappa shape index (κ1) is 67.1. The van der Waals surface area contributed by atoms with Crippen molar-refractivity contribution >= 4 is 123 Å². The molecule has 0 radical (unpaired) electrons. The second-order valence-electron chi connectivity index (χ2n) is 41.5. The van der Waals surface area contributed by atoms with Crippen molar-refractivity contribution in [3.63, 3.8) is 0 Å². The molecule has 5 nitrogen and oxygen atoms in total. The summed E-state index contributed by atoms with van der Waals surface area (Å²) in [4.78, 5) is 4.80. The number of anilines is 6. The van der Waals surface area contributed by atoms with Crippen LogP contribution in [0.2, 0.25) is 0 Å². The second-order valence-corrected chi connectivity index (χ2v) is 41.5. The number of furan rings is 2. The molecular weight excluding hydrogens is 1410 g/mol. The lowest BCUT2D eigenvalue weighted by Gasteiger charge is -2.45. The van der Waals surface area contributed by atoms with E-state index in [9.17, 15) is 11.0 Å². The van der Waals surface area contributed by atoms with Gasteiger partial charge in [-0.15, -0.1) is 0 Å². The minimum Gasteiger partial charge on any atom is -0.456 e. The highest BCUT2D eigenvalue weighted by molar-refractivity contribution is 7.00. The Kier molecular flexibility index (Phi) is 15.2. The molecule has 2 aliphatic rings. The zero-order valence-electron chi connectivity index (χ0n) is 80.2. The zero-order chi connectivity index (χ0) is 88.9. The van der Waals surface area contributed by atoms with Crippen LogP contribution in [0.3, 0.4) is 0 Å². The van der Waals surface area contributed by atoms with Crippen molar-refractivity contribution in [2.24, 2.45) is 0 Å². The Hall–Kier alpha value is -11.1. The molecule has 6 heteroatoms. The Morgan fingerprint density at radius 3 is 0.862 bits per heavy atom. The minimum atomic E-state index is -0.525. The molecule has 0 saturated heterocycles. The summed E-state index contributed by atoms with van der Waals surface area (Å²) in [6, 6.07) is 68.7. The Labute approximate surface area is 699 Å². The average Bonchev–Trinajstić information content (AvgIpc) is 1.20. The first-order valence-corrected chi connectivity index (χ1v) is 41.5.